The number of ether oxygens (including phenoxy) is 3. The van der Waals surface area contributed by atoms with E-state index in [1.54, 1.807) is 0 Å². The molecule has 0 saturated carbocycles. The molecule has 3 rings (SSSR count). The Hall–Kier alpha value is -2.01. The predicted molar refractivity (Wildman–Crippen MR) is 94.8 cm³/mol. The third-order valence-electron chi connectivity index (χ3n) is 4.34. The van der Waals surface area contributed by atoms with Crippen molar-refractivity contribution in [2.75, 3.05) is 6.61 Å². The lowest BCUT2D eigenvalue weighted by atomic mass is 10.0. The first-order valence-corrected chi connectivity index (χ1v) is 8.73. The van der Waals surface area contributed by atoms with Gasteiger partial charge in [-0.15, -0.1) is 0 Å². The minimum Gasteiger partial charge on any atom is -0.374 e. The van der Waals surface area contributed by atoms with Crippen LogP contribution in [0.4, 0.5) is 0 Å². The van der Waals surface area contributed by atoms with Crippen molar-refractivity contribution in [1.29, 1.82) is 0 Å². The maximum atomic E-state index is 11.7. The Balaban J connectivity index is 1.50. The van der Waals surface area contributed by atoms with Crippen LogP contribution in [-0.4, -0.2) is 24.8 Å². The molecule has 25 heavy (non-hydrogen) atoms. The van der Waals surface area contributed by atoms with Crippen molar-refractivity contribution in [1.82, 2.24) is 0 Å². The van der Waals surface area contributed by atoms with Crippen LogP contribution in [0.2, 0.25) is 0 Å². The molecule has 1 aliphatic heterocycles. The highest BCUT2D eigenvalue weighted by atomic mass is 16.7. The first kappa shape index (κ1) is 17.8. The summed E-state index contributed by atoms with van der Waals surface area (Å²) in [6.45, 7) is 1.36. The molecule has 0 radical (unpaired) electrons. The van der Waals surface area contributed by atoms with Crippen LogP contribution in [0.5, 0.6) is 0 Å². The molecular weight excluding hydrogens is 316 g/mol. The molecule has 0 amide bonds. The summed E-state index contributed by atoms with van der Waals surface area (Å²) in [5.41, 5.74) is 2.15. The fraction of sp³-hybridized carbons (Fsp3) is 0.381. The zero-order chi connectivity index (χ0) is 17.4. The molecule has 0 bridgehead atoms. The second-order valence-corrected chi connectivity index (χ2v) is 6.34. The minimum absolute atomic E-state index is 0.126. The second-order valence-electron chi connectivity index (χ2n) is 6.34. The molecule has 1 heterocycles. The van der Waals surface area contributed by atoms with Crippen molar-refractivity contribution in [2.45, 2.75) is 44.4 Å². The molecule has 0 aliphatic carbocycles. The standard InChI is InChI=1S/C21H24O4/c22-17-21(24-15-19-10-5-2-6-11-19)13-7-12-20(25-21)16-23-14-18-8-3-1-4-9-18/h1-6,8-11,17,20H,7,12-16H2. The third-order valence-corrected chi connectivity index (χ3v) is 4.34. The van der Waals surface area contributed by atoms with E-state index in [0.717, 1.165) is 30.3 Å². The molecule has 132 valence electrons. The van der Waals surface area contributed by atoms with Crippen molar-refractivity contribution in [2.24, 2.45) is 0 Å². The van der Waals surface area contributed by atoms with Crippen LogP contribution < -0.4 is 0 Å². The highest BCUT2D eigenvalue weighted by Crippen LogP contribution is 2.29. The molecule has 2 unspecified atom stereocenters. The zero-order valence-electron chi connectivity index (χ0n) is 14.3. The summed E-state index contributed by atoms with van der Waals surface area (Å²) in [5.74, 6) is -1.16. The molecule has 4 heteroatoms. The van der Waals surface area contributed by atoms with E-state index >= 15 is 0 Å². The lowest BCUT2D eigenvalue weighted by Crippen LogP contribution is -2.45. The van der Waals surface area contributed by atoms with Crippen LogP contribution in [0.1, 0.15) is 30.4 Å². The topological polar surface area (TPSA) is 44.8 Å². The molecule has 2 aromatic rings. The average molecular weight is 340 g/mol. The maximum Gasteiger partial charge on any atom is 0.226 e. The van der Waals surface area contributed by atoms with Gasteiger partial charge in [0.25, 0.3) is 0 Å². The van der Waals surface area contributed by atoms with E-state index in [4.69, 9.17) is 14.2 Å². The van der Waals surface area contributed by atoms with Gasteiger partial charge >= 0.3 is 0 Å². The monoisotopic (exact) mass is 340 g/mol. The van der Waals surface area contributed by atoms with Gasteiger partial charge in [-0.2, -0.15) is 0 Å². The van der Waals surface area contributed by atoms with Gasteiger partial charge in [0.15, 0.2) is 6.29 Å². The Morgan fingerprint density at radius 3 is 2.28 bits per heavy atom. The van der Waals surface area contributed by atoms with E-state index in [2.05, 4.69) is 0 Å². The quantitative estimate of drug-likeness (QED) is 0.684. The van der Waals surface area contributed by atoms with Crippen molar-refractivity contribution >= 4 is 6.29 Å². The molecular formula is C21H24O4. The summed E-state index contributed by atoms with van der Waals surface area (Å²) in [5, 5.41) is 0. The number of aldehydes is 1. The lowest BCUT2D eigenvalue weighted by molar-refractivity contribution is -0.267. The number of carbonyl (C=O) groups is 1. The number of benzene rings is 2. The summed E-state index contributed by atoms with van der Waals surface area (Å²) < 4.78 is 17.6. The second kappa shape index (κ2) is 8.90. The zero-order valence-corrected chi connectivity index (χ0v) is 14.3. The van der Waals surface area contributed by atoms with Crippen LogP contribution >= 0.6 is 0 Å². The number of rotatable bonds is 8. The van der Waals surface area contributed by atoms with Gasteiger partial charge in [0.05, 0.1) is 25.9 Å². The van der Waals surface area contributed by atoms with Gasteiger partial charge in [-0.05, 0) is 24.0 Å². The molecule has 2 aromatic carbocycles. The Labute approximate surface area is 148 Å². The van der Waals surface area contributed by atoms with Gasteiger partial charge in [0.1, 0.15) is 0 Å². The van der Waals surface area contributed by atoms with E-state index < -0.39 is 5.79 Å². The molecule has 0 aromatic heterocycles. The first-order valence-electron chi connectivity index (χ1n) is 8.73. The summed E-state index contributed by atoms with van der Waals surface area (Å²) in [7, 11) is 0. The van der Waals surface area contributed by atoms with Crippen molar-refractivity contribution < 1.29 is 19.0 Å². The smallest absolute Gasteiger partial charge is 0.226 e. The van der Waals surface area contributed by atoms with E-state index in [9.17, 15) is 4.79 Å². The van der Waals surface area contributed by atoms with Crippen molar-refractivity contribution in [3.8, 4) is 0 Å². The maximum absolute atomic E-state index is 11.7. The molecule has 1 saturated heterocycles. The van der Waals surface area contributed by atoms with Gasteiger partial charge < -0.3 is 14.2 Å². The molecule has 4 nitrogen and oxygen atoms in total. The fourth-order valence-electron chi connectivity index (χ4n) is 2.98. The summed E-state index contributed by atoms with van der Waals surface area (Å²) in [6.07, 6.45) is 3.00. The molecule has 0 N–H and O–H groups in total. The predicted octanol–water partition coefficient (Wildman–Crippen LogP) is 3.88. The van der Waals surface area contributed by atoms with Gasteiger partial charge in [0, 0.05) is 6.42 Å². The molecule has 1 aliphatic rings. The number of hydrogen-bond acceptors (Lipinski definition) is 4. The lowest BCUT2D eigenvalue weighted by Gasteiger charge is -2.37. The Kier molecular flexibility index (Phi) is 6.34. The van der Waals surface area contributed by atoms with Gasteiger partial charge in [-0.3, -0.25) is 4.79 Å². The van der Waals surface area contributed by atoms with E-state index in [1.165, 1.54) is 0 Å². The highest BCUT2D eigenvalue weighted by molar-refractivity contribution is 5.60. The van der Waals surface area contributed by atoms with Gasteiger partial charge in [0.2, 0.25) is 5.79 Å². The number of hydrogen-bond donors (Lipinski definition) is 0. The third kappa shape index (κ3) is 5.23. The fourth-order valence-corrected chi connectivity index (χ4v) is 2.98. The largest absolute Gasteiger partial charge is 0.374 e. The Morgan fingerprint density at radius 1 is 1.00 bits per heavy atom. The van der Waals surface area contributed by atoms with Crippen LogP contribution in [-0.2, 0) is 32.2 Å². The average Bonchev–Trinajstić information content (AvgIpc) is 2.68. The van der Waals surface area contributed by atoms with Crippen LogP contribution in [0.3, 0.4) is 0 Å². The Morgan fingerprint density at radius 2 is 1.64 bits per heavy atom. The van der Waals surface area contributed by atoms with Crippen LogP contribution in [0.15, 0.2) is 60.7 Å². The minimum atomic E-state index is -1.16. The van der Waals surface area contributed by atoms with Crippen molar-refractivity contribution in [3.05, 3.63) is 71.8 Å². The first-order chi connectivity index (χ1) is 12.3. The molecule has 0 spiro atoms. The van der Waals surface area contributed by atoms with Crippen LogP contribution in [0.25, 0.3) is 0 Å². The highest BCUT2D eigenvalue weighted by Gasteiger charge is 2.38. The summed E-state index contributed by atoms with van der Waals surface area (Å²) >= 11 is 0. The summed E-state index contributed by atoms with van der Waals surface area (Å²) in [6, 6.07) is 19.8. The molecule has 1 fully saturated rings. The normalized spacial score (nSPS) is 23.3. The number of carbonyl (C=O) groups excluding carboxylic acids is 1. The van der Waals surface area contributed by atoms with E-state index in [1.807, 2.05) is 60.7 Å². The van der Waals surface area contributed by atoms with E-state index in [-0.39, 0.29) is 6.10 Å². The molecule has 2 atom stereocenters. The van der Waals surface area contributed by atoms with Gasteiger partial charge in [-0.25, -0.2) is 0 Å². The van der Waals surface area contributed by atoms with Crippen LogP contribution in [0, 0.1) is 0 Å². The Bertz CT molecular complexity index is 643. The van der Waals surface area contributed by atoms with Gasteiger partial charge in [-0.1, -0.05) is 60.7 Å². The van der Waals surface area contributed by atoms with Crippen molar-refractivity contribution in [3.63, 3.8) is 0 Å². The van der Waals surface area contributed by atoms with E-state index in [0.29, 0.717) is 26.2 Å². The summed E-state index contributed by atoms with van der Waals surface area (Å²) in [4.78, 5) is 11.7. The SMILES string of the molecule is O=CC1(OCc2ccccc2)CCCC(COCc2ccccc2)O1.